The summed E-state index contributed by atoms with van der Waals surface area (Å²) in [6.07, 6.45) is 0. The summed E-state index contributed by atoms with van der Waals surface area (Å²) in [7, 11) is -0.549. The van der Waals surface area contributed by atoms with Crippen LogP contribution >= 0.6 is 11.3 Å². The first kappa shape index (κ1) is 14.1. The largest absolute Gasteiger partial charge is 0.337 e. The van der Waals surface area contributed by atoms with Crippen LogP contribution in [0.15, 0.2) is 35.7 Å². The van der Waals surface area contributed by atoms with Crippen LogP contribution in [0.4, 0.5) is 5.69 Å². The molecule has 0 atom stereocenters. The average Bonchev–Trinajstić information content (AvgIpc) is 3.06. The number of rotatable bonds is 4. The van der Waals surface area contributed by atoms with Crippen LogP contribution in [-0.4, -0.2) is 36.8 Å². The van der Waals surface area contributed by atoms with E-state index in [2.05, 4.69) is 14.7 Å². The van der Waals surface area contributed by atoms with Gasteiger partial charge in [0.25, 0.3) is 0 Å². The Bertz CT molecular complexity index is 867. The van der Waals surface area contributed by atoms with E-state index in [1.54, 1.807) is 29.5 Å². The Balaban J connectivity index is 1.97. The summed E-state index contributed by atoms with van der Waals surface area (Å²) in [6, 6.07) is 9.17. The van der Waals surface area contributed by atoms with Crippen LogP contribution < -0.4 is 4.72 Å². The minimum atomic E-state index is -3.51. The highest BCUT2D eigenvalue weighted by Gasteiger charge is 2.14. The summed E-state index contributed by atoms with van der Waals surface area (Å²) in [5.74, 6) is 0.785. The van der Waals surface area contributed by atoms with Crippen LogP contribution in [-0.2, 0) is 10.2 Å². The van der Waals surface area contributed by atoms with Gasteiger partial charge in [-0.1, -0.05) is 6.07 Å². The van der Waals surface area contributed by atoms with Gasteiger partial charge in [0.2, 0.25) is 0 Å². The fourth-order valence-electron chi connectivity index (χ4n) is 1.84. The number of hydrogen-bond acceptors (Lipinski definition) is 4. The Labute approximate surface area is 126 Å². The van der Waals surface area contributed by atoms with Crippen molar-refractivity contribution in [1.29, 1.82) is 0 Å². The van der Waals surface area contributed by atoms with Crippen LogP contribution in [0.3, 0.4) is 0 Å². The molecule has 2 heterocycles. The van der Waals surface area contributed by atoms with Gasteiger partial charge in [-0.2, -0.15) is 12.7 Å². The molecule has 0 bridgehead atoms. The second-order valence-corrected chi connectivity index (χ2v) is 7.52. The average molecular weight is 322 g/mol. The number of aromatic amines is 1. The number of imidazole rings is 1. The zero-order valence-electron chi connectivity index (χ0n) is 11.5. The van der Waals surface area contributed by atoms with Gasteiger partial charge in [-0.3, -0.25) is 4.72 Å². The highest BCUT2D eigenvalue weighted by atomic mass is 32.2. The highest BCUT2D eigenvalue weighted by Crippen LogP contribution is 2.26. The van der Waals surface area contributed by atoms with E-state index in [1.165, 1.54) is 14.1 Å². The number of benzene rings is 1. The number of nitrogens with one attached hydrogen (secondary N) is 2. The molecule has 0 saturated carbocycles. The number of hydrogen-bond donors (Lipinski definition) is 2. The van der Waals surface area contributed by atoms with Crippen molar-refractivity contribution in [2.24, 2.45) is 0 Å². The fraction of sp³-hybridized carbons (Fsp3) is 0.154. The molecule has 0 aliphatic rings. The molecule has 0 aliphatic carbocycles. The third kappa shape index (κ3) is 2.78. The lowest BCUT2D eigenvalue weighted by molar-refractivity contribution is 0.527. The van der Waals surface area contributed by atoms with E-state index in [-0.39, 0.29) is 0 Å². The molecule has 0 saturated heterocycles. The predicted octanol–water partition coefficient (Wildman–Crippen LogP) is 2.51. The molecular formula is C13H14N4O2S2. The van der Waals surface area contributed by atoms with Gasteiger partial charge in [0, 0.05) is 14.1 Å². The number of nitrogens with zero attached hydrogens (tertiary/aromatic N) is 2. The van der Waals surface area contributed by atoms with Crippen molar-refractivity contribution >= 4 is 38.3 Å². The molecule has 0 aliphatic heterocycles. The van der Waals surface area contributed by atoms with Crippen molar-refractivity contribution in [1.82, 2.24) is 14.3 Å². The number of anilines is 1. The van der Waals surface area contributed by atoms with Gasteiger partial charge < -0.3 is 4.98 Å². The van der Waals surface area contributed by atoms with Gasteiger partial charge in [0.15, 0.2) is 0 Å². The number of fused-ring (bicyclic) bond motifs is 1. The number of H-pyrrole nitrogens is 1. The summed E-state index contributed by atoms with van der Waals surface area (Å²) < 4.78 is 27.3. The Morgan fingerprint density at radius 3 is 2.76 bits per heavy atom. The first-order valence-corrected chi connectivity index (χ1v) is 8.51. The van der Waals surface area contributed by atoms with Crippen molar-refractivity contribution in [3.8, 4) is 10.7 Å². The van der Waals surface area contributed by atoms with E-state index >= 15 is 0 Å². The van der Waals surface area contributed by atoms with Gasteiger partial charge >= 0.3 is 10.2 Å². The lowest BCUT2D eigenvalue weighted by atomic mass is 10.3. The summed E-state index contributed by atoms with van der Waals surface area (Å²) in [4.78, 5) is 8.74. The molecular weight excluding hydrogens is 308 g/mol. The van der Waals surface area contributed by atoms with Crippen LogP contribution in [0.5, 0.6) is 0 Å². The molecule has 0 fully saturated rings. The fourth-order valence-corrected chi connectivity index (χ4v) is 3.12. The third-order valence-electron chi connectivity index (χ3n) is 2.96. The quantitative estimate of drug-likeness (QED) is 0.775. The Morgan fingerprint density at radius 2 is 2.10 bits per heavy atom. The topological polar surface area (TPSA) is 78.1 Å². The summed E-state index contributed by atoms with van der Waals surface area (Å²) in [5, 5.41) is 1.99. The zero-order valence-corrected chi connectivity index (χ0v) is 13.1. The lowest BCUT2D eigenvalue weighted by Gasteiger charge is -2.13. The SMILES string of the molecule is CN(C)S(=O)(=O)Nc1ccc2nc(-c3cccs3)[nH]c2c1. The third-order valence-corrected chi connectivity index (χ3v) is 5.30. The molecule has 21 heavy (non-hydrogen) atoms. The van der Waals surface area contributed by atoms with Gasteiger partial charge in [-0.15, -0.1) is 11.3 Å². The van der Waals surface area contributed by atoms with Gasteiger partial charge in [0.05, 0.1) is 21.6 Å². The molecule has 1 aromatic carbocycles. The van der Waals surface area contributed by atoms with E-state index in [0.29, 0.717) is 5.69 Å². The van der Waals surface area contributed by atoms with Crippen LogP contribution in [0.2, 0.25) is 0 Å². The smallest absolute Gasteiger partial charge is 0.301 e. The monoisotopic (exact) mass is 322 g/mol. The van der Waals surface area contributed by atoms with Crippen molar-refractivity contribution in [3.63, 3.8) is 0 Å². The minimum Gasteiger partial charge on any atom is -0.337 e. The number of thiophene rings is 1. The van der Waals surface area contributed by atoms with Crippen molar-refractivity contribution in [2.45, 2.75) is 0 Å². The minimum absolute atomic E-state index is 0.498. The molecule has 3 rings (SSSR count). The Hall–Kier alpha value is -1.90. The molecule has 110 valence electrons. The van der Waals surface area contributed by atoms with Crippen molar-refractivity contribution < 1.29 is 8.42 Å². The Morgan fingerprint density at radius 1 is 1.29 bits per heavy atom. The zero-order chi connectivity index (χ0) is 15.0. The number of aromatic nitrogens is 2. The van der Waals surface area contributed by atoms with Gasteiger partial charge in [0.1, 0.15) is 5.82 Å². The highest BCUT2D eigenvalue weighted by molar-refractivity contribution is 7.90. The second-order valence-electron chi connectivity index (χ2n) is 4.68. The molecule has 0 radical (unpaired) electrons. The van der Waals surface area contributed by atoms with Gasteiger partial charge in [-0.25, -0.2) is 4.98 Å². The Kier molecular flexibility index (Phi) is 3.44. The van der Waals surface area contributed by atoms with Crippen molar-refractivity contribution in [3.05, 3.63) is 35.7 Å². The maximum Gasteiger partial charge on any atom is 0.301 e. The van der Waals surface area contributed by atoms with Crippen LogP contribution in [0.25, 0.3) is 21.7 Å². The van der Waals surface area contributed by atoms with E-state index in [9.17, 15) is 8.42 Å². The second kappa shape index (κ2) is 5.14. The molecule has 0 spiro atoms. The summed E-state index contributed by atoms with van der Waals surface area (Å²) in [6.45, 7) is 0. The maximum atomic E-state index is 11.8. The first-order chi connectivity index (χ1) is 9.95. The molecule has 2 aromatic heterocycles. The van der Waals surface area contributed by atoms with Gasteiger partial charge in [-0.05, 0) is 29.6 Å². The van der Waals surface area contributed by atoms with E-state index in [1.807, 2.05) is 17.5 Å². The molecule has 8 heteroatoms. The normalized spacial score (nSPS) is 12.1. The summed E-state index contributed by atoms with van der Waals surface area (Å²) in [5.41, 5.74) is 2.08. The molecule has 6 nitrogen and oxygen atoms in total. The van der Waals surface area contributed by atoms with E-state index in [0.717, 1.165) is 26.0 Å². The summed E-state index contributed by atoms with van der Waals surface area (Å²) >= 11 is 1.60. The lowest BCUT2D eigenvalue weighted by Crippen LogP contribution is -2.28. The standard InChI is InChI=1S/C13H14N4O2S2/c1-17(2)21(18,19)16-9-5-6-10-11(8-9)15-13(14-10)12-4-3-7-20-12/h3-8,16H,1-2H3,(H,14,15). The van der Waals surface area contributed by atoms with E-state index < -0.39 is 10.2 Å². The predicted molar refractivity (Wildman–Crippen MR) is 85.6 cm³/mol. The molecule has 2 N–H and O–H groups in total. The first-order valence-electron chi connectivity index (χ1n) is 6.19. The van der Waals surface area contributed by atoms with E-state index in [4.69, 9.17) is 0 Å². The van der Waals surface area contributed by atoms with Crippen LogP contribution in [0, 0.1) is 0 Å². The molecule has 3 aromatic rings. The molecule has 0 unspecified atom stereocenters. The molecule has 0 amide bonds. The van der Waals surface area contributed by atoms with Crippen molar-refractivity contribution in [2.75, 3.05) is 18.8 Å². The van der Waals surface area contributed by atoms with Crippen LogP contribution in [0.1, 0.15) is 0 Å². The maximum absolute atomic E-state index is 11.8.